The lowest BCUT2D eigenvalue weighted by molar-refractivity contribution is -0.111. The van der Waals surface area contributed by atoms with Crippen LogP contribution in [0, 0.1) is 0 Å². The molecule has 146 valence electrons. The Morgan fingerprint density at radius 1 is 1.41 bits per heavy atom. The summed E-state index contributed by atoms with van der Waals surface area (Å²) in [5, 5.41) is 15.9. The van der Waals surface area contributed by atoms with Crippen molar-refractivity contribution in [3.8, 4) is 5.75 Å². The van der Waals surface area contributed by atoms with Gasteiger partial charge < -0.3 is 20.6 Å². The summed E-state index contributed by atoms with van der Waals surface area (Å²) < 4.78 is 5.80. The Kier molecular flexibility index (Phi) is 6.56. The molecular formula is C18H25ClN6O2. The van der Waals surface area contributed by atoms with Crippen molar-refractivity contribution in [1.29, 1.82) is 0 Å². The van der Waals surface area contributed by atoms with Gasteiger partial charge in [0, 0.05) is 18.2 Å². The monoisotopic (exact) mass is 392 g/mol. The summed E-state index contributed by atoms with van der Waals surface area (Å²) in [6, 6.07) is 7.38. The van der Waals surface area contributed by atoms with Crippen molar-refractivity contribution in [2.45, 2.75) is 38.8 Å². The minimum absolute atomic E-state index is 0. The van der Waals surface area contributed by atoms with Crippen LogP contribution >= 0.6 is 12.4 Å². The molecule has 0 aliphatic carbocycles. The fraction of sp³-hybridized carbons (Fsp3) is 0.444. The third kappa shape index (κ3) is 3.42. The van der Waals surface area contributed by atoms with Gasteiger partial charge in [0.2, 0.25) is 5.82 Å². The third-order valence-electron chi connectivity index (χ3n) is 4.89. The van der Waals surface area contributed by atoms with E-state index in [0.717, 1.165) is 23.1 Å². The Morgan fingerprint density at radius 3 is 2.78 bits per heavy atom. The lowest BCUT2D eigenvalue weighted by Crippen LogP contribution is -2.42. The summed E-state index contributed by atoms with van der Waals surface area (Å²) in [5.41, 5.74) is 7.08. The molecule has 0 bridgehead atoms. The number of aromatic nitrogens is 4. The number of halogens is 1. The first-order valence-corrected chi connectivity index (χ1v) is 8.73. The van der Waals surface area contributed by atoms with Gasteiger partial charge in [-0.15, -0.1) is 22.6 Å². The molecule has 2 aromatic rings. The van der Waals surface area contributed by atoms with Gasteiger partial charge >= 0.3 is 0 Å². The number of benzene rings is 1. The van der Waals surface area contributed by atoms with Crippen molar-refractivity contribution in [3.05, 3.63) is 41.2 Å². The van der Waals surface area contributed by atoms with Gasteiger partial charge in [0.15, 0.2) is 0 Å². The van der Waals surface area contributed by atoms with Crippen LogP contribution in [0.1, 0.15) is 32.2 Å². The largest absolute Gasteiger partial charge is 0.492 e. The maximum Gasteiger partial charge on any atom is 0.220 e. The molecule has 27 heavy (non-hydrogen) atoms. The highest BCUT2D eigenvalue weighted by Crippen LogP contribution is 2.45. The Bertz CT molecular complexity index is 837. The molecular weight excluding hydrogens is 368 g/mol. The zero-order valence-electron chi connectivity index (χ0n) is 15.7. The second-order valence-corrected chi connectivity index (χ2v) is 6.29. The van der Waals surface area contributed by atoms with Crippen LogP contribution in [0.3, 0.4) is 0 Å². The van der Waals surface area contributed by atoms with Crippen LogP contribution in [-0.2, 0) is 16.8 Å². The predicted molar refractivity (Wildman–Crippen MR) is 105 cm³/mol. The Balaban J connectivity index is 0.00000261. The summed E-state index contributed by atoms with van der Waals surface area (Å²) in [4.78, 5) is 13.9. The maximum absolute atomic E-state index is 12.4. The highest BCUT2D eigenvalue weighted by molar-refractivity contribution is 5.86. The van der Waals surface area contributed by atoms with Crippen molar-refractivity contribution in [1.82, 2.24) is 25.5 Å². The summed E-state index contributed by atoms with van der Waals surface area (Å²) in [6.45, 7) is 7.25. The van der Waals surface area contributed by atoms with Gasteiger partial charge in [-0.2, -0.15) is 4.80 Å². The van der Waals surface area contributed by atoms with Crippen molar-refractivity contribution >= 4 is 24.4 Å². The van der Waals surface area contributed by atoms with Crippen LogP contribution in [0.5, 0.6) is 5.75 Å². The fourth-order valence-corrected chi connectivity index (χ4v) is 3.47. The van der Waals surface area contributed by atoms with Gasteiger partial charge in [-0.05, 0) is 37.6 Å². The number of nitrogens with zero attached hydrogens (tertiary/aromatic N) is 4. The quantitative estimate of drug-likeness (QED) is 0.684. The molecule has 0 fully saturated rings. The SMILES string of the molecule is CCn1nnc(C2=C(C)C(C=O)(c3ccccc3OCCN)C(C)N2)n1.Cl. The van der Waals surface area contributed by atoms with E-state index in [4.69, 9.17) is 10.5 Å². The molecule has 0 saturated carbocycles. The van der Waals surface area contributed by atoms with Crippen LogP contribution < -0.4 is 15.8 Å². The van der Waals surface area contributed by atoms with Gasteiger partial charge in [0.25, 0.3) is 0 Å². The number of hydrogen-bond donors (Lipinski definition) is 2. The number of tetrazole rings is 1. The molecule has 9 heteroatoms. The lowest BCUT2D eigenvalue weighted by Gasteiger charge is -2.31. The Labute approximate surface area is 164 Å². The van der Waals surface area contributed by atoms with Gasteiger partial charge in [0.1, 0.15) is 18.6 Å². The molecule has 3 N–H and O–H groups in total. The number of para-hydroxylation sites is 1. The van der Waals surface area contributed by atoms with Crippen molar-refractivity contribution in [2.24, 2.45) is 5.73 Å². The number of aldehydes is 1. The highest BCUT2D eigenvalue weighted by Gasteiger charge is 2.48. The minimum Gasteiger partial charge on any atom is -0.492 e. The van der Waals surface area contributed by atoms with E-state index >= 15 is 0 Å². The number of nitrogens with one attached hydrogen (secondary N) is 1. The van der Waals surface area contributed by atoms with E-state index in [2.05, 4.69) is 20.7 Å². The highest BCUT2D eigenvalue weighted by atomic mass is 35.5. The van der Waals surface area contributed by atoms with E-state index < -0.39 is 5.41 Å². The second-order valence-electron chi connectivity index (χ2n) is 6.29. The summed E-state index contributed by atoms with van der Waals surface area (Å²) in [6.07, 6.45) is 0.974. The van der Waals surface area contributed by atoms with E-state index in [1.807, 2.05) is 45.0 Å². The lowest BCUT2D eigenvalue weighted by atomic mass is 9.72. The molecule has 8 nitrogen and oxygen atoms in total. The number of carbonyl (C=O) groups excluding carboxylic acids is 1. The molecule has 1 aliphatic heterocycles. The molecule has 1 aromatic heterocycles. The molecule has 0 radical (unpaired) electrons. The van der Waals surface area contributed by atoms with Gasteiger partial charge in [-0.1, -0.05) is 18.2 Å². The molecule has 0 amide bonds. The van der Waals surface area contributed by atoms with Crippen LogP contribution in [0.2, 0.25) is 0 Å². The number of carbonyl (C=O) groups is 1. The smallest absolute Gasteiger partial charge is 0.220 e. The summed E-state index contributed by atoms with van der Waals surface area (Å²) in [5.74, 6) is 1.14. The minimum atomic E-state index is -0.877. The molecule has 2 heterocycles. The van der Waals surface area contributed by atoms with Gasteiger partial charge in [0.05, 0.1) is 17.7 Å². The topological polar surface area (TPSA) is 108 Å². The first kappa shape index (κ1) is 20.9. The Hall–Kier alpha value is -2.45. The van der Waals surface area contributed by atoms with E-state index in [1.54, 1.807) is 0 Å². The summed E-state index contributed by atoms with van der Waals surface area (Å²) >= 11 is 0. The van der Waals surface area contributed by atoms with Crippen LogP contribution in [0.25, 0.3) is 5.70 Å². The molecule has 0 spiro atoms. The molecule has 1 aliphatic rings. The number of nitrogens with two attached hydrogens (primary N) is 1. The zero-order chi connectivity index (χ0) is 18.7. The average molecular weight is 393 g/mol. The van der Waals surface area contributed by atoms with Crippen LogP contribution in [-0.4, -0.2) is 45.7 Å². The zero-order valence-corrected chi connectivity index (χ0v) is 16.5. The van der Waals surface area contributed by atoms with Crippen molar-refractivity contribution in [2.75, 3.05) is 13.2 Å². The van der Waals surface area contributed by atoms with E-state index in [1.165, 1.54) is 4.80 Å². The normalized spacial score (nSPS) is 21.6. The molecule has 2 atom stereocenters. The van der Waals surface area contributed by atoms with Crippen LogP contribution in [0.4, 0.5) is 0 Å². The first-order valence-electron chi connectivity index (χ1n) is 8.73. The van der Waals surface area contributed by atoms with Gasteiger partial charge in [-0.3, -0.25) is 0 Å². The third-order valence-corrected chi connectivity index (χ3v) is 4.89. The number of aryl methyl sites for hydroxylation is 1. The molecule has 3 rings (SSSR count). The van der Waals surface area contributed by atoms with Crippen LogP contribution in [0.15, 0.2) is 29.8 Å². The maximum atomic E-state index is 12.4. The van der Waals surface area contributed by atoms with E-state index in [0.29, 0.717) is 31.3 Å². The summed E-state index contributed by atoms with van der Waals surface area (Å²) in [7, 11) is 0. The van der Waals surface area contributed by atoms with Crippen molar-refractivity contribution in [3.63, 3.8) is 0 Å². The Morgan fingerprint density at radius 2 is 2.15 bits per heavy atom. The first-order chi connectivity index (χ1) is 12.6. The van der Waals surface area contributed by atoms with E-state index in [-0.39, 0.29) is 18.4 Å². The van der Waals surface area contributed by atoms with Gasteiger partial charge in [-0.25, -0.2) is 0 Å². The molecule has 2 unspecified atom stereocenters. The predicted octanol–water partition coefficient (Wildman–Crippen LogP) is 1.31. The average Bonchev–Trinajstić information content (AvgIpc) is 3.23. The van der Waals surface area contributed by atoms with E-state index in [9.17, 15) is 4.79 Å². The second kappa shape index (κ2) is 8.49. The van der Waals surface area contributed by atoms with Crippen molar-refractivity contribution < 1.29 is 9.53 Å². The number of ether oxygens (including phenoxy) is 1. The molecule has 0 saturated heterocycles. The fourth-order valence-electron chi connectivity index (χ4n) is 3.47. The molecule has 1 aromatic carbocycles. The number of rotatable bonds is 7. The standard InChI is InChI=1S/C18H24N6O2.ClH/c1-4-24-22-17(21-23-24)16-12(2)18(11-25,13(3)20-16)14-7-5-6-8-15(14)26-10-9-19;/h5-8,11,13,20H,4,9-10,19H2,1-3H3;1H. The number of hydrogen-bond acceptors (Lipinski definition) is 7.